The first-order valence-corrected chi connectivity index (χ1v) is 10.5. The number of hydrogen-bond acceptors (Lipinski definition) is 3. The van der Waals surface area contributed by atoms with E-state index in [9.17, 15) is 8.78 Å². The fourth-order valence-electron chi connectivity index (χ4n) is 3.26. The molecule has 0 unspecified atom stereocenters. The Kier molecular flexibility index (Phi) is 6.72. The summed E-state index contributed by atoms with van der Waals surface area (Å²) in [6, 6.07) is 15.7. The molecule has 0 radical (unpaired) electrons. The highest BCUT2D eigenvalue weighted by molar-refractivity contribution is 5.84. The Bertz CT molecular complexity index is 1270. The number of hydrogen-bond donors (Lipinski definition) is 0. The van der Waals surface area contributed by atoms with Gasteiger partial charge < -0.3 is 4.74 Å². The summed E-state index contributed by atoms with van der Waals surface area (Å²) in [7, 11) is 0. The molecular formula is C27H22F2N2O. The van der Waals surface area contributed by atoms with Gasteiger partial charge in [-0.25, -0.2) is 18.7 Å². The number of benzene rings is 3. The lowest BCUT2D eigenvalue weighted by molar-refractivity contribution is 0.314. The second kappa shape index (κ2) is 10.0. The van der Waals surface area contributed by atoms with Crippen molar-refractivity contribution in [2.45, 2.75) is 26.2 Å². The SMILES string of the molecule is CCCOc1cnc(CCc2ccc(C#Cc3ccc4c(F)c(F)ccc4c3)cc2)nc1. The lowest BCUT2D eigenvalue weighted by Gasteiger charge is -2.05. The standard InChI is InChI=1S/C27H22F2N2O/c1-2-15-32-23-17-30-26(31-18-23)14-10-20-5-3-19(4-6-20)7-8-21-9-12-24-22(16-21)11-13-25(28)27(24)29/h3-6,9,11-13,16-18H,2,10,14-15H2,1H3. The molecule has 0 saturated carbocycles. The summed E-state index contributed by atoms with van der Waals surface area (Å²) in [6.45, 7) is 2.72. The molecule has 0 bridgehead atoms. The fraction of sp³-hybridized carbons (Fsp3) is 0.185. The van der Waals surface area contributed by atoms with Crippen molar-refractivity contribution >= 4 is 10.8 Å². The number of ether oxygens (including phenoxy) is 1. The van der Waals surface area contributed by atoms with Crippen molar-refractivity contribution in [1.82, 2.24) is 9.97 Å². The van der Waals surface area contributed by atoms with Gasteiger partial charge in [0.1, 0.15) is 5.82 Å². The van der Waals surface area contributed by atoms with Crippen molar-refractivity contribution in [3.05, 3.63) is 101 Å². The molecule has 0 fully saturated rings. The Labute approximate surface area is 186 Å². The average molecular weight is 428 g/mol. The van der Waals surface area contributed by atoms with Crippen LogP contribution in [0.3, 0.4) is 0 Å². The molecule has 0 N–H and O–H groups in total. The summed E-state index contributed by atoms with van der Waals surface area (Å²) in [6.07, 6.45) is 5.96. The highest BCUT2D eigenvalue weighted by atomic mass is 19.2. The monoisotopic (exact) mass is 428 g/mol. The molecule has 1 aromatic heterocycles. The number of halogens is 2. The lowest BCUT2D eigenvalue weighted by atomic mass is 10.1. The van der Waals surface area contributed by atoms with Gasteiger partial charge in [0.05, 0.1) is 19.0 Å². The van der Waals surface area contributed by atoms with Gasteiger partial charge in [-0.05, 0) is 54.1 Å². The molecule has 0 spiro atoms. The summed E-state index contributed by atoms with van der Waals surface area (Å²) in [4.78, 5) is 8.71. The molecule has 0 atom stereocenters. The molecule has 0 aliphatic rings. The third kappa shape index (κ3) is 5.28. The quantitative estimate of drug-likeness (QED) is 0.360. The van der Waals surface area contributed by atoms with E-state index in [2.05, 4.69) is 28.7 Å². The van der Waals surface area contributed by atoms with Gasteiger partial charge in [0.15, 0.2) is 17.4 Å². The molecule has 3 nitrogen and oxygen atoms in total. The van der Waals surface area contributed by atoms with Crippen LogP contribution in [0.4, 0.5) is 8.78 Å². The van der Waals surface area contributed by atoms with Gasteiger partial charge in [-0.15, -0.1) is 0 Å². The average Bonchev–Trinajstić information content (AvgIpc) is 2.84. The molecule has 1 heterocycles. The van der Waals surface area contributed by atoms with E-state index in [-0.39, 0.29) is 5.39 Å². The zero-order valence-corrected chi connectivity index (χ0v) is 17.7. The first-order valence-electron chi connectivity index (χ1n) is 10.5. The van der Waals surface area contributed by atoms with Crippen LogP contribution >= 0.6 is 0 Å². The predicted octanol–water partition coefficient (Wildman–Crippen LogP) is 5.88. The van der Waals surface area contributed by atoms with Crippen LogP contribution < -0.4 is 4.74 Å². The van der Waals surface area contributed by atoms with Gasteiger partial charge in [0.2, 0.25) is 0 Å². The van der Waals surface area contributed by atoms with E-state index in [1.165, 1.54) is 5.56 Å². The third-order valence-corrected chi connectivity index (χ3v) is 5.00. The van der Waals surface area contributed by atoms with E-state index in [0.29, 0.717) is 17.7 Å². The maximum Gasteiger partial charge on any atom is 0.166 e. The van der Waals surface area contributed by atoms with Crippen molar-refractivity contribution in [3.63, 3.8) is 0 Å². The van der Waals surface area contributed by atoms with Crippen LogP contribution in [-0.4, -0.2) is 16.6 Å². The number of aryl methyl sites for hydroxylation is 2. The van der Waals surface area contributed by atoms with Gasteiger partial charge in [-0.2, -0.15) is 0 Å². The largest absolute Gasteiger partial charge is 0.490 e. The van der Waals surface area contributed by atoms with Crippen molar-refractivity contribution in [2.24, 2.45) is 0 Å². The topological polar surface area (TPSA) is 35.0 Å². The van der Waals surface area contributed by atoms with Crippen LogP contribution in [0.15, 0.2) is 67.0 Å². The van der Waals surface area contributed by atoms with Crippen LogP contribution in [-0.2, 0) is 12.8 Å². The molecule has 0 amide bonds. The van der Waals surface area contributed by atoms with Gasteiger partial charge >= 0.3 is 0 Å². The highest BCUT2D eigenvalue weighted by Crippen LogP contribution is 2.21. The summed E-state index contributed by atoms with van der Waals surface area (Å²) in [5.74, 6) is 6.01. The van der Waals surface area contributed by atoms with Crippen LogP contribution in [0.1, 0.15) is 35.9 Å². The zero-order chi connectivity index (χ0) is 22.3. The summed E-state index contributed by atoms with van der Waals surface area (Å²) >= 11 is 0. The number of fused-ring (bicyclic) bond motifs is 1. The van der Waals surface area contributed by atoms with Crippen molar-refractivity contribution in [3.8, 4) is 17.6 Å². The molecule has 5 heteroatoms. The zero-order valence-electron chi connectivity index (χ0n) is 17.7. The number of nitrogens with zero attached hydrogens (tertiary/aromatic N) is 2. The Morgan fingerprint density at radius 2 is 1.56 bits per heavy atom. The van der Waals surface area contributed by atoms with Crippen molar-refractivity contribution < 1.29 is 13.5 Å². The Morgan fingerprint density at radius 3 is 2.31 bits per heavy atom. The predicted molar refractivity (Wildman–Crippen MR) is 122 cm³/mol. The maximum atomic E-state index is 13.8. The first kappa shape index (κ1) is 21.5. The Morgan fingerprint density at radius 1 is 0.844 bits per heavy atom. The van der Waals surface area contributed by atoms with E-state index >= 15 is 0 Å². The smallest absolute Gasteiger partial charge is 0.166 e. The third-order valence-electron chi connectivity index (χ3n) is 5.00. The van der Waals surface area contributed by atoms with Crippen LogP contribution in [0, 0.1) is 23.5 Å². The normalized spacial score (nSPS) is 10.6. The van der Waals surface area contributed by atoms with Gasteiger partial charge in [-0.1, -0.05) is 43.0 Å². The maximum absolute atomic E-state index is 13.8. The van der Waals surface area contributed by atoms with Gasteiger partial charge in [0.25, 0.3) is 0 Å². The minimum atomic E-state index is -0.846. The lowest BCUT2D eigenvalue weighted by Crippen LogP contribution is -2.00. The summed E-state index contributed by atoms with van der Waals surface area (Å²) in [5, 5.41) is 0.880. The molecule has 3 aromatic carbocycles. The second-order valence-electron chi connectivity index (χ2n) is 7.43. The van der Waals surface area contributed by atoms with Crippen LogP contribution in [0.5, 0.6) is 5.75 Å². The molecule has 0 aliphatic heterocycles. The summed E-state index contributed by atoms with van der Waals surface area (Å²) < 4.78 is 32.7. The molecule has 0 saturated heterocycles. The molecular weight excluding hydrogens is 406 g/mol. The van der Waals surface area contributed by atoms with Crippen LogP contribution in [0.25, 0.3) is 10.8 Å². The highest BCUT2D eigenvalue weighted by Gasteiger charge is 2.06. The Hall–Kier alpha value is -3.78. The van der Waals surface area contributed by atoms with Crippen molar-refractivity contribution in [1.29, 1.82) is 0 Å². The molecule has 4 aromatic rings. The van der Waals surface area contributed by atoms with Gasteiger partial charge in [-0.3, -0.25) is 0 Å². The van der Waals surface area contributed by atoms with Gasteiger partial charge in [0, 0.05) is 22.9 Å². The molecule has 32 heavy (non-hydrogen) atoms. The van der Waals surface area contributed by atoms with E-state index in [4.69, 9.17) is 4.74 Å². The first-order chi connectivity index (χ1) is 15.6. The minimum absolute atomic E-state index is 0.256. The minimum Gasteiger partial charge on any atom is -0.490 e. The van der Waals surface area contributed by atoms with Crippen molar-refractivity contribution in [2.75, 3.05) is 6.61 Å². The molecule has 160 valence electrons. The van der Waals surface area contributed by atoms with E-state index < -0.39 is 11.6 Å². The van der Waals surface area contributed by atoms with Crippen LogP contribution in [0.2, 0.25) is 0 Å². The van der Waals surface area contributed by atoms with E-state index in [1.807, 2.05) is 24.3 Å². The second-order valence-corrected chi connectivity index (χ2v) is 7.43. The summed E-state index contributed by atoms with van der Waals surface area (Å²) in [5.41, 5.74) is 2.80. The Balaban J connectivity index is 1.38. The fourth-order valence-corrected chi connectivity index (χ4v) is 3.26. The number of rotatable bonds is 6. The molecule has 0 aliphatic carbocycles. The number of aromatic nitrogens is 2. The van der Waals surface area contributed by atoms with E-state index in [1.54, 1.807) is 36.7 Å². The van der Waals surface area contributed by atoms with E-state index in [0.717, 1.165) is 42.3 Å². The molecule has 4 rings (SSSR count).